The van der Waals surface area contributed by atoms with E-state index < -0.39 is 43.7 Å². The van der Waals surface area contributed by atoms with Gasteiger partial charge in [-0.3, -0.25) is 13.8 Å². The number of likely N-dealkylation sites (tertiary alicyclic amines) is 6. The number of nitrogens with zero attached hydrogens (tertiary/aromatic N) is 14. The summed E-state index contributed by atoms with van der Waals surface area (Å²) in [5, 5.41) is 19.0. The van der Waals surface area contributed by atoms with Crippen molar-refractivity contribution in [3.63, 3.8) is 0 Å². The maximum Gasteiger partial charge on any atom is 1.00 e. The SMILES string of the molecule is C.CC(C)(C)OC(=O)N1CCC[C@H](CN)C1.CC(C)(C)OC(=O)N1CCC[C@H](CN=[N+]=[N-])C1.CC(C)(C)OC(=O)N1CCC[C@H](CNc2nc(Br)cnc2N)C1.CC(C)(C)OC(=O)N1CCC[C@H](CO)C1.CCN(CC)CC.CCOC(=O)[C@H]1CCCN(C(=O)OC(C)(C)C)C1.CCOC(=O)[C@H]1CCCNC1.Cc1ccc(S(=O)(=O)OC[C@H]2CCCN(C(=O)OC(C)(C)C)C2)cc1.Nc1ncc(Br)nc1Br.[AlH3].[H-].[Li+]. The van der Waals surface area contributed by atoms with E-state index in [1.54, 1.807) is 73.0 Å². The molecule has 0 spiro atoms. The van der Waals surface area contributed by atoms with Crippen LogP contribution in [0.4, 0.5) is 46.2 Å². The van der Waals surface area contributed by atoms with Gasteiger partial charge in [-0.1, -0.05) is 51.0 Å². The van der Waals surface area contributed by atoms with Crippen molar-refractivity contribution in [2.24, 2.45) is 52.3 Å². The summed E-state index contributed by atoms with van der Waals surface area (Å²) in [6, 6.07) is 6.55. The second-order valence-electron chi connectivity index (χ2n) is 41.2. The van der Waals surface area contributed by atoms with Crippen molar-refractivity contribution in [2.45, 2.75) is 302 Å². The fourth-order valence-electron chi connectivity index (χ4n) is 14.7. The van der Waals surface area contributed by atoms with Crippen molar-refractivity contribution in [1.82, 2.24) is 59.6 Å². The number of anilines is 3. The first kappa shape index (κ1) is 138. The molecule has 7 fully saturated rings. The van der Waals surface area contributed by atoms with Crippen molar-refractivity contribution < 1.29 is 114 Å². The van der Waals surface area contributed by atoms with Crippen LogP contribution in [0.5, 0.6) is 0 Å². The number of esters is 2. The van der Waals surface area contributed by atoms with Crippen LogP contribution in [0, 0.1) is 48.3 Å². The van der Waals surface area contributed by atoms with Crippen LogP contribution < -0.4 is 46.7 Å². The maximum absolute atomic E-state index is 12.3. The molecule has 39 nitrogen and oxygen atoms in total. The minimum absolute atomic E-state index is 0. The average molecular weight is 2250 g/mol. The fraction of sp³-hybridized carbons (Fsp3) is 0.776. The van der Waals surface area contributed by atoms with E-state index in [2.05, 4.69) is 114 Å². The van der Waals surface area contributed by atoms with Gasteiger partial charge in [0.2, 0.25) is 0 Å². The van der Waals surface area contributed by atoms with Crippen molar-refractivity contribution in [3.05, 3.63) is 66.5 Å². The topological polar surface area (TPSA) is 499 Å². The van der Waals surface area contributed by atoms with E-state index in [-0.39, 0.29) is 141 Å². The predicted molar refractivity (Wildman–Crippen MR) is 572 cm³/mol. The van der Waals surface area contributed by atoms with Crippen molar-refractivity contribution in [3.8, 4) is 0 Å². The van der Waals surface area contributed by atoms with Crippen LogP contribution in [-0.2, 0) is 61.8 Å². The number of aryl methyl sites for hydroxylation is 1. The third-order valence-electron chi connectivity index (χ3n) is 21.6. The largest absolute Gasteiger partial charge is 1.00 e. The summed E-state index contributed by atoms with van der Waals surface area (Å²) in [5.74, 6) is 2.17. The van der Waals surface area contributed by atoms with Gasteiger partial charge in [-0.2, -0.15) is 8.42 Å². The number of carbonyl (C=O) groups excluding carboxylic acids is 8. The number of ether oxygens (including phenoxy) is 8. The number of aliphatic hydroxyl groups is 1. The molecule has 7 aliphatic heterocycles. The summed E-state index contributed by atoms with van der Waals surface area (Å²) in [5.41, 5.74) is 23.2. The first-order valence-corrected chi connectivity index (χ1v) is 53.0. The Labute approximate surface area is 903 Å². The Kier molecular flexibility index (Phi) is 67.6. The van der Waals surface area contributed by atoms with Gasteiger partial charge >= 0.3 is 67.4 Å². The molecule has 3 aromatic rings. The Morgan fingerprint density at radius 3 is 1.22 bits per heavy atom. The van der Waals surface area contributed by atoms with E-state index in [1.165, 1.54) is 19.6 Å². The molecule has 6 amide bonds. The number of benzene rings is 1. The van der Waals surface area contributed by atoms with Crippen molar-refractivity contribution >= 4 is 141 Å². The number of hydrogen-bond acceptors (Lipinski definition) is 31. The van der Waals surface area contributed by atoms with Crippen molar-refractivity contribution in [2.75, 3.05) is 174 Å². The number of nitrogens with one attached hydrogen (secondary N) is 2. The van der Waals surface area contributed by atoms with E-state index in [0.29, 0.717) is 122 Å². The van der Waals surface area contributed by atoms with Crippen LogP contribution in [0.1, 0.15) is 264 Å². The molecular formula is C98H178AlBr3LiN19O20S. The molecule has 1 aromatic carbocycles. The molecule has 143 heavy (non-hydrogen) atoms. The quantitative estimate of drug-likeness (QED) is 0.0131. The minimum atomic E-state index is -3.78. The summed E-state index contributed by atoms with van der Waals surface area (Å²) in [4.78, 5) is 126. The molecule has 7 atom stereocenters. The number of rotatable bonds is 18. The molecule has 0 radical (unpaired) electrons. The molecule has 9 N–H and O–H groups in total. The second kappa shape index (κ2) is 70.0. The van der Waals surface area contributed by atoms with E-state index in [9.17, 15) is 46.8 Å². The zero-order valence-electron chi connectivity index (χ0n) is 90.1. The molecule has 10 rings (SSSR count). The second-order valence-corrected chi connectivity index (χ2v) is 45.2. The Balaban J connectivity index is -0.00000158. The Morgan fingerprint density at radius 1 is 0.517 bits per heavy atom. The van der Waals surface area contributed by atoms with Gasteiger partial charge < -0.3 is 107 Å². The van der Waals surface area contributed by atoms with Gasteiger partial charge in [-0.25, -0.2) is 48.7 Å². The molecule has 816 valence electrons. The molecule has 2 aromatic heterocycles. The zero-order valence-corrected chi connectivity index (χ0v) is 94.7. The number of hydrogen-bond donors (Lipinski definition) is 6. The molecule has 0 unspecified atom stereocenters. The summed E-state index contributed by atoms with van der Waals surface area (Å²) >= 11 is 9.53. The molecule has 0 aliphatic carbocycles. The Bertz CT molecular complexity index is 4300. The number of aromatic nitrogens is 4. The molecule has 7 saturated heterocycles. The predicted octanol–water partition coefficient (Wildman–Crippen LogP) is 14.6. The number of azide groups is 1. The smallest absolute Gasteiger partial charge is 1.00 e. The minimum Gasteiger partial charge on any atom is -1.00 e. The molecular weight excluding hydrogens is 2070 g/mol. The number of nitrogen functional groups attached to an aromatic ring is 2. The van der Waals surface area contributed by atoms with Gasteiger partial charge in [0.1, 0.15) is 47.4 Å². The number of carbonyl (C=O) groups is 8. The third-order valence-corrected chi connectivity index (χ3v) is 24.3. The fourth-order valence-corrected chi connectivity index (χ4v) is 16.8. The summed E-state index contributed by atoms with van der Waals surface area (Å²) in [6.45, 7) is 61.5. The average Bonchev–Trinajstić information content (AvgIpc) is 0.829. The van der Waals surface area contributed by atoms with Crippen LogP contribution in [0.3, 0.4) is 0 Å². The van der Waals surface area contributed by atoms with Gasteiger partial charge in [0.15, 0.2) is 34.8 Å². The van der Waals surface area contributed by atoms with E-state index >= 15 is 0 Å². The number of nitrogens with two attached hydrogens (primary N) is 3. The Morgan fingerprint density at radius 2 is 0.860 bits per heavy atom. The van der Waals surface area contributed by atoms with Gasteiger partial charge in [0.25, 0.3) is 10.1 Å². The molecule has 0 bridgehead atoms. The van der Waals surface area contributed by atoms with Gasteiger partial charge in [0.05, 0.1) is 48.9 Å². The van der Waals surface area contributed by atoms with Crippen LogP contribution >= 0.6 is 47.8 Å². The molecule has 7 aliphatic rings. The van der Waals surface area contributed by atoms with Crippen LogP contribution in [0.2, 0.25) is 0 Å². The van der Waals surface area contributed by atoms with Crippen LogP contribution in [0.25, 0.3) is 10.4 Å². The summed E-state index contributed by atoms with van der Waals surface area (Å²) < 4.78 is 73.5. The number of amides is 6. The first-order valence-electron chi connectivity index (χ1n) is 49.2. The number of aliphatic hydroxyl groups excluding tert-OH is 1. The van der Waals surface area contributed by atoms with E-state index in [0.717, 1.165) is 141 Å². The monoisotopic (exact) mass is 2240 g/mol. The zero-order chi connectivity index (χ0) is 106. The van der Waals surface area contributed by atoms with Crippen LogP contribution in [0.15, 0.2) is 60.5 Å². The number of piperidine rings is 7. The van der Waals surface area contributed by atoms with Gasteiger partial charge in [-0.05, 0) is 357 Å². The van der Waals surface area contributed by atoms with E-state index in [4.69, 9.17) is 69.9 Å². The molecule has 9 heterocycles. The first-order chi connectivity index (χ1) is 65.3. The van der Waals surface area contributed by atoms with Crippen LogP contribution in [-0.4, -0.2) is 325 Å². The standard InChI is InChI=1S/C18H27NO5S.C15H24BrN5O2.C13H23NO4.C11H20N4O2.C11H22N2O2.C11H21NO3.C8H15NO2.C6H15N.C4H3Br2N3.CH4.Al.Li.4H/c1-14-7-9-16(10-8-14)25(21,22)23-13-15-6-5-11-19(12-15)17(20)24-18(2,3)4;1-15(2,3)23-14(22)21-6-4-5-10(9-21)7-19-13-12(17)18-8-11(16)20-13;1-5-17-11(15)10-7-6-8-14(9-10)12(16)18-13(2,3)4;1-11(2,3)17-10(16)15-6-4-5-9(8-15)7-13-14-12;1-11(2,3)15-10(14)13-6-4-5-9(7-12)8-13;1-11(2,3)15-10(14)12-6-4-5-9(7-12)8-13;1-2-11-8(10)7-4-3-5-9-6-7;1-4-7(5-2)6-3;5-2-1-8-4(7)3(6)9-2;;;;;;;/h7-10,15H,5-6,11-13H2,1-4H3;8,10H,4-7,9H2,1-3H3,(H2,17,18)(H,19,20);10H,5-9H2,1-4H3;9H,4-8H2,1-3H3;9H,4-8,12H2,1-3H3;9,13H,4-8H2,1-3H3;7,9H,2-6H2,1H3;4-6H2,1-3H3;1H,(H2,7,8);1H4;;;;;;/q;;;;;;;;;;;+1;;;;-1/t15-;2*10-;3*9-;7-;;;;;;;;;/m0101100........./s1. The maximum atomic E-state index is 12.3. The number of halogens is 3. The van der Waals surface area contributed by atoms with Gasteiger partial charge in [0, 0.05) is 116 Å². The summed E-state index contributed by atoms with van der Waals surface area (Å²) in [7, 11) is -3.78. The van der Waals surface area contributed by atoms with Gasteiger partial charge in [-0.15, -0.1) is 0 Å². The normalized spacial score (nSPS) is 19.1. The molecule has 45 heteroatoms. The molecule has 0 saturated carbocycles. The Hall–Kier alpha value is -7.03. The summed E-state index contributed by atoms with van der Waals surface area (Å²) in [6.07, 6.45) is 14.7. The van der Waals surface area contributed by atoms with E-state index in [1.807, 2.05) is 138 Å². The van der Waals surface area contributed by atoms with Crippen molar-refractivity contribution in [1.29, 1.82) is 0 Å². The third kappa shape index (κ3) is 62.1.